The van der Waals surface area contributed by atoms with E-state index in [1.807, 2.05) is 0 Å². The molecule has 13 atom stereocenters. The number of nitrogens with two attached hydrogens (primary N) is 2. The minimum atomic E-state index is -2.31. The lowest BCUT2D eigenvalue weighted by molar-refractivity contribution is -0.870. The van der Waals surface area contributed by atoms with E-state index in [1.165, 1.54) is 32.3 Å². The summed E-state index contributed by atoms with van der Waals surface area (Å²) in [6, 6.07) is -7.92. The van der Waals surface area contributed by atoms with Crippen molar-refractivity contribution >= 4 is 70.8 Å². The molecule has 0 bridgehead atoms. The standard InChI is InChI=1S/C63H109N11O16S/c1-9-47-58(86)72-54(39(2)3)61(89)73-63(38-91-30-28-66-57(85)48(35-52(64)81)69-59(87)49(36-53(65)82)71-62(63)90)37-50(60(88)68-47)70-56(84)41(5)67-55(83)40(4)51(80)27-22-20-18-16-14-12-10-11-13-15-17-19-21-25-42(75)31-44(77)33-46(79)34-45(78)32-43(76)26-23-24-29-74(6,7)8/h9-11,28,30,39-46,48-51,54,75-80H,12-27,29,31-38H2,1-8H3,(H11-,64,65,66,67,68,69,70,71,72,73,81,82,83,84,85,86,87,88,89,90)/p+1/b11-10-,30-28?,47-9+/t40?,41-,42?,43?,44?,45?,46?,48-,49-,50?,51?,54-,63?/m0/s1. The molecule has 0 saturated carbocycles. The minimum Gasteiger partial charge on any atom is -0.393 e. The van der Waals surface area contributed by atoms with Gasteiger partial charge in [-0.2, -0.15) is 0 Å². The number of rotatable bonds is 38. The highest BCUT2D eigenvalue weighted by Crippen LogP contribution is 2.26. The van der Waals surface area contributed by atoms with E-state index in [0.717, 1.165) is 106 Å². The van der Waals surface area contributed by atoms with Gasteiger partial charge in [-0.1, -0.05) is 83.9 Å². The van der Waals surface area contributed by atoms with E-state index in [0.29, 0.717) is 25.7 Å². The van der Waals surface area contributed by atoms with Gasteiger partial charge in [-0.3, -0.25) is 47.9 Å². The summed E-state index contributed by atoms with van der Waals surface area (Å²) in [6.45, 7) is 8.47. The van der Waals surface area contributed by atoms with Crippen LogP contribution in [-0.4, -0.2) is 200 Å². The monoisotopic (exact) mass is 1310 g/mol. The van der Waals surface area contributed by atoms with E-state index in [-0.39, 0.29) is 31.4 Å². The second kappa shape index (κ2) is 42.3. The number of hydrogen-bond acceptors (Lipinski definition) is 17. The number of hydrogen-bond donors (Lipinski definition) is 16. The van der Waals surface area contributed by atoms with Crippen molar-refractivity contribution in [2.45, 2.75) is 255 Å². The highest BCUT2D eigenvalue weighted by molar-refractivity contribution is 8.02. The van der Waals surface area contributed by atoms with Crippen molar-refractivity contribution < 1.29 is 83.1 Å². The molecule has 1 saturated heterocycles. The number of thioether (sulfide) groups is 1. The summed E-state index contributed by atoms with van der Waals surface area (Å²) in [5, 5.41) is 84.1. The molecule has 0 aromatic heterocycles. The zero-order valence-corrected chi connectivity index (χ0v) is 55.7. The number of nitrogens with one attached hydrogen (secondary N) is 8. The third kappa shape index (κ3) is 32.9. The Balaban J connectivity index is 1.93. The van der Waals surface area contributed by atoms with Crippen molar-refractivity contribution in [3.8, 4) is 0 Å². The SMILES string of the molecule is C/C=C1/NC(=O)C(NC(=O)[C@H](C)NC(=O)C(C)C(O)CCCCCCC/C=C\CCCCCCC(O)CC(O)CC(O)CC(O)CC(O)CCCC[N+](C)(C)C)CC2(CSC=CNC(=O)[C@H](CC(N)=O)NC(=O)[C@H](CC(N)=O)NC2=O)NC(=O)[C@H](C(C)C)NC1=O. The van der Waals surface area contributed by atoms with Gasteiger partial charge in [0.05, 0.1) is 83.1 Å². The molecule has 2 heterocycles. The molecule has 1 spiro atoms. The summed E-state index contributed by atoms with van der Waals surface area (Å²) in [7, 11) is 6.35. The number of nitrogens with zero attached hydrogens (tertiary/aromatic N) is 1. The first-order chi connectivity index (χ1) is 42.8. The third-order valence-electron chi connectivity index (χ3n) is 16.0. The Kier molecular flexibility index (Phi) is 37.7. The molecule has 2 aliphatic rings. The van der Waals surface area contributed by atoms with Crippen molar-refractivity contribution in [1.82, 2.24) is 42.5 Å². The van der Waals surface area contributed by atoms with E-state index in [2.05, 4.69) is 75.8 Å². The number of carbonyl (C=O) groups is 10. The maximum absolute atomic E-state index is 14.9. The normalized spacial score (nSPS) is 23.0. The van der Waals surface area contributed by atoms with Crippen LogP contribution in [-0.2, 0) is 47.9 Å². The van der Waals surface area contributed by atoms with Crippen LogP contribution in [0.2, 0.25) is 0 Å². The highest BCUT2D eigenvalue weighted by atomic mass is 32.2. The molecule has 1 fully saturated rings. The fourth-order valence-electron chi connectivity index (χ4n) is 10.6. The Bertz CT molecular complexity index is 2440. The van der Waals surface area contributed by atoms with Crippen molar-refractivity contribution in [1.29, 1.82) is 0 Å². The minimum absolute atomic E-state index is 0.0518. The second-order valence-corrected chi connectivity index (χ2v) is 26.8. The quantitative estimate of drug-likeness (QED) is 0.0171. The lowest BCUT2D eigenvalue weighted by Gasteiger charge is -2.38. The molecule has 91 heavy (non-hydrogen) atoms. The van der Waals surface area contributed by atoms with Gasteiger partial charge in [-0.05, 0) is 109 Å². The fraction of sp³-hybridized carbons (Fsp3) is 0.746. The largest absolute Gasteiger partial charge is 0.393 e. The lowest BCUT2D eigenvalue weighted by atomic mass is 9.89. The molecule has 0 aliphatic carbocycles. The van der Waals surface area contributed by atoms with Gasteiger partial charge in [-0.25, -0.2) is 0 Å². The van der Waals surface area contributed by atoms with Crippen LogP contribution >= 0.6 is 11.8 Å². The Morgan fingerprint density at radius 2 is 1.15 bits per heavy atom. The number of amides is 10. The van der Waals surface area contributed by atoms with Crippen molar-refractivity contribution in [3.05, 3.63) is 35.5 Å². The maximum atomic E-state index is 14.9. The Labute approximate surface area is 541 Å². The molecule has 0 radical (unpaired) electrons. The first-order valence-electron chi connectivity index (χ1n) is 32.3. The van der Waals surface area contributed by atoms with Gasteiger partial charge in [-0.15, -0.1) is 11.8 Å². The smallest absolute Gasteiger partial charge is 0.268 e. The highest BCUT2D eigenvalue weighted by Gasteiger charge is 2.48. The summed E-state index contributed by atoms with van der Waals surface area (Å²) in [4.78, 5) is 136. The summed E-state index contributed by atoms with van der Waals surface area (Å²) >= 11 is 0.825. The van der Waals surface area contributed by atoms with Crippen LogP contribution < -0.4 is 54.0 Å². The van der Waals surface area contributed by atoms with E-state index < -0.39 is 168 Å². The Morgan fingerprint density at radius 3 is 1.68 bits per heavy atom. The van der Waals surface area contributed by atoms with Gasteiger partial charge in [0.1, 0.15) is 41.4 Å². The van der Waals surface area contributed by atoms with E-state index >= 15 is 0 Å². The molecule has 2 rings (SSSR count). The molecule has 9 unspecified atom stereocenters. The summed E-state index contributed by atoms with van der Waals surface area (Å²) in [5.74, 6) is -11.9. The first-order valence-corrected chi connectivity index (χ1v) is 33.3. The average Bonchev–Trinajstić information content (AvgIpc) is 1.75. The molecule has 18 N–H and O–H groups in total. The van der Waals surface area contributed by atoms with Gasteiger partial charge in [0.15, 0.2) is 0 Å². The van der Waals surface area contributed by atoms with Crippen molar-refractivity contribution in [2.24, 2.45) is 23.3 Å². The average molecular weight is 1310 g/mol. The predicted octanol–water partition coefficient (Wildman–Crippen LogP) is 0.316. The van der Waals surface area contributed by atoms with Crippen LogP contribution in [0.1, 0.15) is 182 Å². The van der Waals surface area contributed by atoms with Crippen LogP contribution in [0.3, 0.4) is 0 Å². The predicted molar refractivity (Wildman–Crippen MR) is 345 cm³/mol. The van der Waals surface area contributed by atoms with Crippen LogP contribution in [0.25, 0.3) is 0 Å². The zero-order valence-electron chi connectivity index (χ0n) is 54.8. The third-order valence-corrected chi connectivity index (χ3v) is 17.0. The van der Waals surface area contributed by atoms with E-state index in [9.17, 15) is 78.6 Å². The van der Waals surface area contributed by atoms with E-state index in [1.54, 1.807) is 13.8 Å². The first kappa shape index (κ1) is 81.1. The van der Waals surface area contributed by atoms with Crippen LogP contribution in [0.4, 0.5) is 0 Å². The number of allylic oxidation sites excluding steroid dienone is 3. The zero-order chi connectivity index (χ0) is 68.4. The number of carbonyl (C=O) groups excluding carboxylic acids is 10. The van der Waals surface area contributed by atoms with Gasteiger partial charge >= 0.3 is 0 Å². The van der Waals surface area contributed by atoms with E-state index in [4.69, 9.17) is 11.5 Å². The number of quaternary nitrogens is 1. The van der Waals surface area contributed by atoms with Crippen molar-refractivity contribution in [3.63, 3.8) is 0 Å². The molecule has 2 aliphatic heterocycles. The fourth-order valence-corrected chi connectivity index (χ4v) is 11.4. The molecule has 0 aromatic carbocycles. The molecule has 518 valence electrons. The molecular weight excluding hydrogens is 1200 g/mol. The molecular formula is C63H110N11O16S+. The molecule has 27 nitrogen and oxygen atoms in total. The topological polar surface area (TPSA) is 440 Å². The van der Waals surface area contributed by atoms with Gasteiger partial charge in [0, 0.05) is 18.4 Å². The van der Waals surface area contributed by atoms with Crippen LogP contribution in [0.15, 0.2) is 35.5 Å². The Hall–Kier alpha value is -6.01. The number of aliphatic hydroxyl groups excluding tert-OH is 6. The molecule has 0 aromatic rings. The number of aliphatic hydroxyl groups is 6. The summed E-state index contributed by atoms with van der Waals surface area (Å²) in [6.07, 6.45) is 13.1. The van der Waals surface area contributed by atoms with Crippen LogP contribution in [0.5, 0.6) is 0 Å². The van der Waals surface area contributed by atoms with Gasteiger partial charge < -0.3 is 89.1 Å². The van der Waals surface area contributed by atoms with Crippen LogP contribution in [0, 0.1) is 11.8 Å². The Morgan fingerprint density at radius 1 is 0.648 bits per heavy atom. The van der Waals surface area contributed by atoms with Gasteiger partial charge in [0.25, 0.3) is 5.91 Å². The number of unbranched alkanes of at least 4 members (excludes halogenated alkanes) is 10. The molecule has 28 heteroatoms. The van der Waals surface area contributed by atoms with Crippen molar-refractivity contribution in [2.75, 3.05) is 33.4 Å². The lowest BCUT2D eigenvalue weighted by Crippen LogP contribution is -2.68. The maximum Gasteiger partial charge on any atom is 0.268 e. The summed E-state index contributed by atoms with van der Waals surface area (Å²) in [5.41, 5.74) is 8.18. The second-order valence-electron chi connectivity index (χ2n) is 25.9. The summed E-state index contributed by atoms with van der Waals surface area (Å²) < 4.78 is 0.855. The van der Waals surface area contributed by atoms with Gasteiger partial charge in [0.2, 0.25) is 53.2 Å². The molecule has 10 amide bonds. The number of primary amides is 2.